The fraction of sp³-hybridized carbons (Fsp3) is 0.176. The van der Waals surface area contributed by atoms with Gasteiger partial charge >= 0.3 is 11.9 Å². The van der Waals surface area contributed by atoms with Crippen molar-refractivity contribution in [3.8, 4) is 0 Å². The third kappa shape index (κ3) is 3.91. The summed E-state index contributed by atoms with van der Waals surface area (Å²) in [4.78, 5) is 26.3. The van der Waals surface area contributed by atoms with Gasteiger partial charge in [-0.25, -0.2) is 9.59 Å². The van der Waals surface area contributed by atoms with Crippen molar-refractivity contribution < 1.29 is 19.1 Å². The van der Waals surface area contributed by atoms with Gasteiger partial charge in [0.25, 0.3) is 0 Å². The Bertz CT molecular complexity index is 828. The summed E-state index contributed by atoms with van der Waals surface area (Å²) in [5, 5.41) is 0. The van der Waals surface area contributed by atoms with Crippen LogP contribution in [0.25, 0.3) is 0 Å². The first kappa shape index (κ1) is 19.9. The summed E-state index contributed by atoms with van der Waals surface area (Å²) >= 11 is 10.6. The molecule has 0 amide bonds. The minimum atomic E-state index is -0.657. The molecule has 0 fully saturated rings. The third-order valence-corrected chi connectivity index (χ3v) is 5.90. The quantitative estimate of drug-likeness (QED) is 0.522. The van der Waals surface area contributed by atoms with Gasteiger partial charge in [-0.05, 0) is 62.6 Å². The van der Waals surface area contributed by atoms with E-state index < -0.39 is 11.9 Å². The Morgan fingerprint density at radius 2 is 1.64 bits per heavy atom. The van der Waals surface area contributed by atoms with Gasteiger partial charge in [0, 0.05) is 19.6 Å². The topological polar surface area (TPSA) is 55.8 Å². The van der Waals surface area contributed by atoms with Crippen LogP contribution in [0.1, 0.15) is 5.56 Å². The molecule has 1 aromatic carbocycles. The van der Waals surface area contributed by atoms with E-state index in [4.69, 9.17) is 9.47 Å². The van der Waals surface area contributed by atoms with Gasteiger partial charge in [0.05, 0.1) is 25.5 Å². The number of carbonyl (C=O) groups is 2. The maximum atomic E-state index is 12.5. The molecule has 0 radical (unpaired) electrons. The summed E-state index contributed by atoms with van der Waals surface area (Å²) in [6.07, 6.45) is 6.57. The number of halogens is 3. The molecule has 0 bridgehead atoms. The average Bonchev–Trinajstić information content (AvgIpc) is 2.81. The molecule has 0 atom stereocenters. The number of rotatable bonds is 3. The van der Waals surface area contributed by atoms with E-state index in [-0.39, 0.29) is 11.3 Å². The highest BCUT2D eigenvalue weighted by molar-refractivity contribution is 9.11. The van der Waals surface area contributed by atoms with Gasteiger partial charge in [-0.1, -0.05) is 22.0 Å². The molecule has 0 N–H and O–H groups in total. The van der Waals surface area contributed by atoms with Crippen LogP contribution in [0.2, 0.25) is 0 Å². The second-order valence-electron chi connectivity index (χ2n) is 4.94. The van der Waals surface area contributed by atoms with Crippen molar-refractivity contribution in [1.29, 1.82) is 0 Å². The van der Waals surface area contributed by atoms with Crippen LogP contribution in [0.5, 0.6) is 0 Å². The lowest BCUT2D eigenvalue weighted by molar-refractivity contribution is -0.139. The van der Waals surface area contributed by atoms with Gasteiger partial charge in [-0.15, -0.1) is 0 Å². The molecular weight excluding hydrogens is 522 g/mol. The Balaban J connectivity index is 2.81. The highest BCUT2D eigenvalue weighted by Crippen LogP contribution is 2.42. The molecule has 25 heavy (non-hydrogen) atoms. The van der Waals surface area contributed by atoms with Crippen LogP contribution in [-0.2, 0) is 19.1 Å². The Hall–Kier alpha value is -1.38. The summed E-state index contributed by atoms with van der Waals surface area (Å²) in [6, 6.07) is 1.87. The number of hydrogen-bond acceptors (Lipinski definition) is 5. The zero-order valence-electron chi connectivity index (χ0n) is 13.6. The van der Waals surface area contributed by atoms with Crippen molar-refractivity contribution in [2.75, 3.05) is 19.1 Å². The highest BCUT2D eigenvalue weighted by atomic mass is 79.9. The molecular formula is C17H14Br3NO4. The predicted molar refractivity (Wildman–Crippen MR) is 106 cm³/mol. The number of anilines is 1. The first-order valence-electron chi connectivity index (χ1n) is 7.02. The largest absolute Gasteiger partial charge is 0.465 e. The van der Waals surface area contributed by atoms with E-state index in [2.05, 4.69) is 47.8 Å². The van der Waals surface area contributed by atoms with Gasteiger partial charge in [-0.3, -0.25) is 0 Å². The summed E-state index contributed by atoms with van der Waals surface area (Å²) in [5.41, 5.74) is 1.75. The van der Waals surface area contributed by atoms with E-state index in [0.717, 1.165) is 14.5 Å². The lowest BCUT2D eigenvalue weighted by atomic mass is 10.1. The molecule has 0 aliphatic carbocycles. The van der Waals surface area contributed by atoms with E-state index in [9.17, 15) is 9.59 Å². The van der Waals surface area contributed by atoms with Gasteiger partial charge in [0.15, 0.2) is 0 Å². The molecule has 0 saturated heterocycles. The minimum Gasteiger partial charge on any atom is -0.465 e. The average molecular weight is 536 g/mol. The van der Waals surface area contributed by atoms with Gasteiger partial charge < -0.3 is 14.4 Å². The molecule has 5 nitrogen and oxygen atoms in total. The van der Waals surface area contributed by atoms with Crippen LogP contribution in [0.15, 0.2) is 55.2 Å². The number of nitrogens with zero attached hydrogens (tertiary/aromatic N) is 1. The fourth-order valence-electron chi connectivity index (χ4n) is 2.23. The summed E-state index contributed by atoms with van der Waals surface area (Å²) < 4.78 is 12.1. The molecule has 1 heterocycles. The van der Waals surface area contributed by atoms with Crippen molar-refractivity contribution in [3.63, 3.8) is 0 Å². The number of ether oxygens (including phenoxy) is 2. The van der Waals surface area contributed by atoms with E-state index in [1.165, 1.54) is 20.3 Å². The standard InChI is InChI=1S/C17H14Br3NO4/c1-9-11(18)8-12(19)15(13(9)20)21-7-5-4-6-10(16(22)24-2)14(21)17(23)25-3/h4-8H,1-3H3. The molecule has 0 aromatic heterocycles. The SMILES string of the molecule is COC(=O)C1=C(C(=O)OC)N(c2c(Br)cc(Br)c(C)c2Br)C=CC=C1. The Kier molecular flexibility index (Phi) is 6.65. The minimum absolute atomic E-state index is 0.0578. The number of allylic oxidation sites excluding steroid dienone is 2. The molecule has 1 aromatic rings. The monoisotopic (exact) mass is 533 g/mol. The maximum absolute atomic E-state index is 12.5. The summed E-state index contributed by atoms with van der Waals surface area (Å²) in [5.74, 6) is -1.29. The van der Waals surface area contributed by atoms with Crippen molar-refractivity contribution in [2.24, 2.45) is 0 Å². The fourth-order valence-corrected chi connectivity index (χ4v) is 4.74. The van der Waals surface area contributed by atoms with Crippen LogP contribution >= 0.6 is 47.8 Å². The number of hydrogen-bond donors (Lipinski definition) is 0. The number of carbonyl (C=O) groups excluding carboxylic acids is 2. The molecule has 2 rings (SSSR count). The third-order valence-electron chi connectivity index (χ3n) is 3.51. The van der Waals surface area contributed by atoms with E-state index in [1.807, 2.05) is 13.0 Å². The van der Waals surface area contributed by atoms with Crippen LogP contribution in [-0.4, -0.2) is 26.2 Å². The van der Waals surface area contributed by atoms with Crippen molar-refractivity contribution in [2.45, 2.75) is 6.92 Å². The van der Waals surface area contributed by atoms with E-state index >= 15 is 0 Å². The summed E-state index contributed by atoms with van der Waals surface area (Å²) in [7, 11) is 2.52. The van der Waals surface area contributed by atoms with Crippen molar-refractivity contribution in [3.05, 3.63) is 60.7 Å². The Morgan fingerprint density at radius 1 is 1.00 bits per heavy atom. The summed E-state index contributed by atoms with van der Waals surface area (Å²) in [6.45, 7) is 1.92. The molecule has 1 aliphatic rings. The van der Waals surface area contributed by atoms with E-state index in [0.29, 0.717) is 10.2 Å². The molecule has 1 aliphatic heterocycles. The second-order valence-corrected chi connectivity index (χ2v) is 7.45. The smallest absolute Gasteiger partial charge is 0.355 e. The van der Waals surface area contributed by atoms with Gasteiger partial charge in [0.1, 0.15) is 5.70 Å². The van der Waals surface area contributed by atoms with Crippen LogP contribution in [0.3, 0.4) is 0 Å². The molecule has 132 valence electrons. The lowest BCUT2D eigenvalue weighted by Gasteiger charge is -2.26. The normalized spacial score (nSPS) is 13.8. The zero-order chi connectivity index (χ0) is 18.7. The molecule has 0 spiro atoms. The first-order chi connectivity index (χ1) is 11.8. The predicted octanol–water partition coefficient (Wildman–Crippen LogP) is 4.77. The zero-order valence-corrected chi connectivity index (χ0v) is 18.4. The molecule has 0 saturated carbocycles. The maximum Gasteiger partial charge on any atom is 0.355 e. The number of methoxy groups -OCH3 is 2. The number of esters is 2. The Morgan fingerprint density at radius 3 is 2.24 bits per heavy atom. The first-order valence-corrected chi connectivity index (χ1v) is 9.40. The number of benzene rings is 1. The van der Waals surface area contributed by atoms with Crippen molar-refractivity contribution in [1.82, 2.24) is 0 Å². The molecule has 0 unspecified atom stereocenters. The molecule has 8 heteroatoms. The van der Waals surface area contributed by atoms with Crippen LogP contribution in [0, 0.1) is 6.92 Å². The second kappa shape index (κ2) is 8.33. The lowest BCUT2D eigenvalue weighted by Crippen LogP contribution is -2.27. The Labute approximate surface area is 170 Å². The van der Waals surface area contributed by atoms with Crippen LogP contribution in [0.4, 0.5) is 5.69 Å². The van der Waals surface area contributed by atoms with Gasteiger partial charge in [0.2, 0.25) is 0 Å². The van der Waals surface area contributed by atoms with Gasteiger partial charge in [-0.2, -0.15) is 0 Å². The van der Waals surface area contributed by atoms with Crippen LogP contribution < -0.4 is 4.90 Å². The highest BCUT2D eigenvalue weighted by Gasteiger charge is 2.30. The van der Waals surface area contributed by atoms with E-state index in [1.54, 1.807) is 23.3 Å². The van der Waals surface area contributed by atoms with Crippen molar-refractivity contribution >= 4 is 65.4 Å².